The summed E-state index contributed by atoms with van der Waals surface area (Å²) in [5.74, 6) is -0.897. The van der Waals surface area contributed by atoms with Gasteiger partial charge < -0.3 is 10.2 Å². The molecule has 0 bridgehead atoms. The second-order valence-corrected chi connectivity index (χ2v) is 13.8. The summed E-state index contributed by atoms with van der Waals surface area (Å²) in [5.41, 5.74) is 3.49. The number of aryl methyl sites for hydroxylation is 2. The van der Waals surface area contributed by atoms with Gasteiger partial charge in [-0.1, -0.05) is 109 Å². The van der Waals surface area contributed by atoms with Gasteiger partial charge in [-0.05, 0) is 66.8 Å². The van der Waals surface area contributed by atoms with Crippen LogP contribution in [0.25, 0.3) is 0 Å². The molecule has 0 radical (unpaired) electrons. The van der Waals surface area contributed by atoms with Crippen LogP contribution in [0.3, 0.4) is 0 Å². The van der Waals surface area contributed by atoms with Crippen LogP contribution in [0.1, 0.15) is 42.5 Å². The number of anilines is 1. The first-order valence-electron chi connectivity index (χ1n) is 15.3. The van der Waals surface area contributed by atoms with Gasteiger partial charge in [0.15, 0.2) is 0 Å². The Kier molecular flexibility index (Phi) is 12.3. The topological polar surface area (TPSA) is 86.8 Å². The van der Waals surface area contributed by atoms with E-state index < -0.39 is 28.5 Å². The largest absolute Gasteiger partial charge is 0.354 e. The Bertz CT molecular complexity index is 1750. The number of carbonyl (C=O) groups excluding carboxylic acids is 2. The quantitative estimate of drug-likeness (QED) is 0.152. The molecular weight excluding hydrogens is 641 g/mol. The van der Waals surface area contributed by atoms with Gasteiger partial charge in [0, 0.05) is 29.6 Å². The first kappa shape index (κ1) is 35.0. The molecule has 0 heterocycles. The molecule has 0 aromatic heterocycles. The Labute approximate surface area is 282 Å². The van der Waals surface area contributed by atoms with E-state index in [1.54, 1.807) is 54.6 Å². The number of rotatable bonds is 14. The molecule has 4 aromatic carbocycles. The molecule has 7 nitrogen and oxygen atoms in total. The Balaban J connectivity index is 1.84. The van der Waals surface area contributed by atoms with Crippen LogP contribution in [0.15, 0.2) is 102 Å². The molecule has 10 heteroatoms. The molecule has 4 aromatic rings. The van der Waals surface area contributed by atoms with E-state index in [0.717, 1.165) is 21.0 Å². The molecule has 0 aliphatic heterocycles. The lowest BCUT2D eigenvalue weighted by molar-refractivity contribution is -0.140. The summed E-state index contributed by atoms with van der Waals surface area (Å²) < 4.78 is 29.7. The van der Waals surface area contributed by atoms with Crippen molar-refractivity contribution in [3.05, 3.63) is 129 Å². The van der Waals surface area contributed by atoms with Crippen molar-refractivity contribution in [1.29, 1.82) is 0 Å². The van der Waals surface area contributed by atoms with Crippen molar-refractivity contribution >= 4 is 50.7 Å². The number of para-hydroxylation sites is 1. The summed E-state index contributed by atoms with van der Waals surface area (Å²) in [6.07, 6.45) is 1.46. The highest BCUT2D eigenvalue weighted by Gasteiger charge is 2.35. The highest BCUT2D eigenvalue weighted by molar-refractivity contribution is 7.92. The molecule has 0 saturated heterocycles. The van der Waals surface area contributed by atoms with E-state index in [1.807, 2.05) is 63.2 Å². The number of hydrogen-bond donors (Lipinski definition) is 1. The minimum absolute atomic E-state index is 0.0419. The zero-order valence-electron chi connectivity index (χ0n) is 26.2. The number of hydrogen-bond acceptors (Lipinski definition) is 4. The number of amides is 2. The predicted octanol–water partition coefficient (Wildman–Crippen LogP) is 7.23. The molecule has 1 N–H and O–H groups in total. The average Bonchev–Trinajstić information content (AvgIpc) is 3.05. The molecular formula is C36H39Cl2N3O4S. The fourth-order valence-corrected chi connectivity index (χ4v) is 7.08. The van der Waals surface area contributed by atoms with E-state index in [9.17, 15) is 18.0 Å². The lowest BCUT2D eigenvalue weighted by Gasteiger charge is -2.34. The summed E-state index contributed by atoms with van der Waals surface area (Å²) in [7, 11) is -4.20. The summed E-state index contributed by atoms with van der Waals surface area (Å²) >= 11 is 12.8. The van der Waals surface area contributed by atoms with Crippen LogP contribution in [-0.4, -0.2) is 44.3 Å². The van der Waals surface area contributed by atoms with Gasteiger partial charge in [-0.2, -0.15) is 0 Å². The van der Waals surface area contributed by atoms with Crippen LogP contribution in [0.5, 0.6) is 0 Å². The maximum Gasteiger partial charge on any atom is 0.264 e. The molecule has 0 spiro atoms. The smallest absolute Gasteiger partial charge is 0.264 e. The van der Waals surface area contributed by atoms with Gasteiger partial charge in [0.2, 0.25) is 11.8 Å². The zero-order valence-corrected chi connectivity index (χ0v) is 28.6. The Morgan fingerprint density at radius 3 is 2.17 bits per heavy atom. The summed E-state index contributed by atoms with van der Waals surface area (Å²) in [5, 5.41) is 3.71. The van der Waals surface area contributed by atoms with Gasteiger partial charge in [0.05, 0.1) is 10.6 Å². The number of carbonyl (C=O) groups is 2. The highest BCUT2D eigenvalue weighted by Crippen LogP contribution is 2.29. The normalized spacial score (nSPS) is 11.9. The molecule has 46 heavy (non-hydrogen) atoms. The van der Waals surface area contributed by atoms with E-state index in [-0.39, 0.29) is 23.8 Å². The van der Waals surface area contributed by atoms with Crippen molar-refractivity contribution in [1.82, 2.24) is 10.2 Å². The van der Waals surface area contributed by atoms with Gasteiger partial charge in [-0.15, -0.1) is 0 Å². The van der Waals surface area contributed by atoms with Crippen LogP contribution in [0.2, 0.25) is 10.0 Å². The number of nitrogens with one attached hydrogen (secondary N) is 1. The molecule has 0 aliphatic carbocycles. The van der Waals surface area contributed by atoms with Gasteiger partial charge in [0.1, 0.15) is 12.6 Å². The molecule has 0 saturated carbocycles. The van der Waals surface area contributed by atoms with Crippen molar-refractivity contribution in [2.24, 2.45) is 0 Å². The first-order valence-corrected chi connectivity index (χ1v) is 17.5. The van der Waals surface area contributed by atoms with E-state index in [4.69, 9.17) is 23.2 Å². The van der Waals surface area contributed by atoms with Crippen LogP contribution in [-0.2, 0) is 39.0 Å². The second kappa shape index (κ2) is 16.1. The third-order valence-corrected chi connectivity index (χ3v) is 10.1. The van der Waals surface area contributed by atoms with Crippen LogP contribution < -0.4 is 9.62 Å². The lowest BCUT2D eigenvalue weighted by atomic mass is 10.0. The van der Waals surface area contributed by atoms with Crippen molar-refractivity contribution in [2.75, 3.05) is 17.4 Å². The van der Waals surface area contributed by atoms with Crippen LogP contribution >= 0.6 is 23.2 Å². The molecule has 1 atom stereocenters. The molecule has 4 rings (SSSR count). The minimum Gasteiger partial charge on any atom is -0.354 e. The number of sulfonamides is 1. The van der Waals surface area contributed by atoms with Gasteiger partial charge >= 0.3 is 0 Å². The fraction of sp³-hybridized carbons (Fsp3) is 0.278. The third-order valence-electron chi connectivity index (χ3n) is 7.71. The summed E-state index contributed by atoms with van der Waals surface area (Å²) in [4.78, 5) is 29.9. The molecule has 2 amide bonds. The van der Waals surface area contributed by atoms with E-state index in [0.29, 0.717) is 40.7 Å². The van der Waals surface area contributed by atoms with Gasteiger partial charge in [-0.3, -0.25) is 13.9 Å². The minimum atomic E-state index is -4.20. The standard InChI is InChI=1S/C36H39Cl2N3O4S/c1-4-21-39-36(43)34(22-27-11-7-6-8-12-27)40(24-29-17-18-30(37)23-32(29)38)35(42)25-41(33-14-10-9-13-28(33)5-2)46(44,45)31-19-15-26(3)16-20-31/h6-20,23,34H,4-5,21-22,24-25H2,1-3H3,(H,39,43). The summed E-state index contributed by atoms with van der Waals surface area (Å²) in [6.45, 7) is 5.60. The lowest BCUT2D eigenvalue weighted by Crippen LogP contribution is -2.53. The SMILES string of the molecule is CCCNC(=O)C(Cc1ccccc1)N(Cc1ccc(Cl)cc1Cl)C(=O)CN(c1ccccc1CC)S(=O)(=O)c1ccc(C)cc1. The monoisotopic (exact) mass is 679 g/mol. The Hall–Kier alpha value is -3.85. The Morgan fingerprint density at radius 2 is 1.52 bits per heavy atom. The van der Waals surface area contributed by atoms with E-state index >= 15 is 0 Å². The fourth-order valence-electron chi connectivity index (χ4n) is 5.16. The van der Waals surface area contributed by atoms with E-state index in [2.05, 4.69) is 5.32 Å². The maximum atomic E-state index is 14.6. The number of nitrogens with zero attached hydrogens (tertiary/aromatic N) is 2. The molecule has 0 aliphatic rings. The first-order chi connectivity index (χ1) is 22.0. The molecule has 1 unspecified atom stereocenters. The zero-order chi connectivity index (χ0) is 33.3. The molecule has 0 fully saturated rings. The predicted molar refractivity (Wildman–Crippen MR) is 186 cm³/mol. The van der Waals surface area contributed by atoms with E-state index in [1.165, 1.54) is 4.90 Å². The molecule has 242 valence electrons. The van der Waals surface area contributed by atoms with Crippen molar-refractivity contribution in [3.63, 3.8) is 0 Å². The highest BCUT2D eigenvalue weighted by atomic mass is 35.5. The summed E-state index contributed by atoms with van der Waals surface area (Å²) in [6, 6.07) is 27.1. The number of benzene rings is 4. The maximum absolute atomic E-state index is 14.6. The Morgan fingerprint density at radius 1 is 0.848 bits per heavy atom. The number of halogens is 2. The van der Waals surface area contributed by atoms with Crippen LogP contribution in [0.4, 0.5) is 5.69 Å². The van der Waals surface area contributed by atoms with Gasteiger partial charge in [-0.25, -0.2) is 8.42 Å². The second-order valence-electron chi connectivity index (χ2n) is 11.1. The van der Waals surface area contributed by atoms with Crippen molar-refractivity contribution < 1.29 is 18.0 Å². The third kappa shape index (κ3) is 8.69. The van der Waals surface area contributed by atoms with Crippen molar-refractivity contribution in [2.45, 2.75) is 57.5 Å². The van der Waals surface area contributed by atoms with Gasteiger partial charge in [0.25, 0.3) is 10.0 Å². The average molecular weight is 681 g/mol. The van der Waals surface area contributed by atoms with Crippen molar-refractivity contribution in [3.8, 4) is 0 Å². The van der Waals surface area contributed by atoms with Crippen LogP contribution in [0, 0.1) is 6.92 Å².